The molecule has 48 nitrogen and oxygen atoms in total. The van der Waals surface area contributed by atoms with Gasteiger partial charge in [-0.1, -0.05) is 72.8 Å². The number of rotatable bonds is 0. The van der Waals surface area contributed by atoms with Crippen LogP contribution in [0, 0.1) is 210 Å². The van der Waals surface area contributed by atoms with E-state index in [0.29, 0.717) is 0 Å². The maximum atomic E-state index is 10.2. The second-order valence-electron chi connectivity index (χ2n) is 16.8. The van der Waals surface area contributed by atoms with Crippen LogP contribution < -0.4 is 131 Å². The Morgan fingerprint density at radius 1 is 0.140 bits per heavy atom. The van der Waals surface area contributed by atoms with Gasteiger partial charge in [-0.3, -0.25) is 0 Å². The molecule has 0 atom stereocenters. The molecular formula is C60H60Cl4Dy2N14O34. The summed E-state index contributed by atoms with van der Waals surface area (Å²) in [5.74, 6) is 0. The van der Waals surface area contributed by atoms with E-state index in [1.165, 1.54) is 149 Å². The molecule has 0 bridgehead atoms. The molecule has 622 valence electrons. The first-order valence-corrected chi connectivity index (χ1v) is 32.9. The first kappa shape index (κ1) is 119. The molecule has 0 N–H and O–H groups in total. The molecule has 0 saturated carbocycles. The zero-order valence-corrected chi connectivity index (χ0v) is 64.0. The second-order valence-corrected chi connectivity index (χ2v) is 19.8. The Morgan fingerprint density at radius 2 is 0.175 bits per heavy atom. The molecular weight excluding hydrogens is 1930 g/mol. The number of halogens is 4. The number of hydrogen-bond acceptors (Lipinski definition) is 34. The van der Waals surface area contributed by atoms with Crippen LogP contribution in [0.5, 0.6) is 0 Å². The van der Waals surface area contributed by atoms with Crippen LogP contribution >= 0.6 is 0 Å². The minimum absolute atomic E-state index is 0. The molecule has 0 saturated heterocycles. The molecule has 2 radical (unpaired) electrons. The predicted octanol–water partition coefficient (Wildman–Crippen LogP) is -15.7. The third-order valence-corrected chi connectivity index (χ3v) is 8.26. The molecule has 12 heterocycles. The summed E-state index contributed by atoms with van der Waals surface area (Å²) in [7, 11) is -19.8. The first-order valence-electron chi connectivity index (χ1n) is 28.0. The molecule has 0 amide bonds. The van der Waals surface area contributed by atoms with Gasteiger partial charge < -0.3 is 93.1 Å². The van der Waals surface area contributed by atoms with Gasteiger partial charge in [-0.25, -0.2) is 74.5 Å². The van der Waals surface area contributed by atoms with E-state index >= 15 is 0 Å². The fourth-order valence-corrected chi connectivity index (χ4v) is 4.59. The van der Waals surface area contributed by atoms with Crippen molar-refractivity contribution in [1.82, 2.24) is 0 Å². The monoisotopic (exact) mass is 1990 g/mol. The van der Waals surface area contributed by atoms with Gasteiger partial charge in [0.1, 0.15) is 0 Å². The van der Waals surface area contributed by atoms with Gasteiger partial charge in [-0.2, -0.15) is 56.8 Å². The van der Waals surface area contributed by atoms with Gasteiger partial charge in [0.2, 0.25) is 0 Å². The summed E-state index contributed by atoms with van der Waals surface area (Å²) < 4.78 is 145. The minimum Gasteiger partial charge on any atom is -0.619 e. The van der Waals surface area contributed by atoms with Crippen LogP contribution in [0.2, 0.25) is 0 Å². The van der Waals surface area contributed by atoms with Crippen molar-refractivity contribution >= 4 is 0 Å². The van der Waals surface area contributed by atoms with E-state index in [9.17, 15) is 62.5 Å². The SMILES string of the molecule is O=[N+]([O-])[O-].O=[N+]([O-])[O-].[Dy+3].[Dy+3].[O-][Cl+3]([O-])([O-])[O-].[O-][Cl+3]([O-])([O-])[O-].[O-][Cl+3]([O-])([O-])[O-].[O-][Cl+3]([O-])([O-])[O-].[O-][n+]1ccccc1.[O-][n+]1ccccc1.[O-][n+]1ccccc1.[O-][n+]1ccccc1.[O-][n+]1ccccc1.[O-][n+]1ccccc1.[O-][n+]1ccccc1.[O-][n+]1ccccc1.[O-][n+]1ccccc1.[O-][n+]1ccccc1.[O-][n+]1ccccc1.[O-][n+]1ccccc1. The van der Waals surface area contributed by atoms with Crippen molar-refractivity contribution in [2.45, 2.75) is 0 Å². The molecule has 114 heavy (non-hydrogen) atoms. The Kier molecular flexibility index (Phi) is 81.7. The van der Waals surface area contributed by atoms with Crippen LogP contribution in [-0.2, 0) is 0 Å². The molecule has 0 fully saturated rings. The second kappa shape index (κ2) is 78.5. The van der Waals surface area contributed by atoms with E-state index in [-0.39, 0.29) is 76.3 Å². The Labute approximate surface area is 713 Å². The summed E-state index contributed by atoms with van der Waals surface area (Å²) in [6.45, 7) is 0. The van der Waals surface area contributed by atoms with Gasteiger partial charge >= 0.3 is 76.3 Å². The van der Waals surface area contributed by atoms with E-state index in [1.807, 2.05) is 0 Å². The molecule has 12 aromatic rings. The molecule has 0 aliphatic carbocycles. The van der Waals surface area contributed by atoms with E-state index < -0.39 is 51.1 Å². The van der Waals surface area contributed by atoms with Crippen molar-refractivity contribution in [3.8, 4) is 0 Å². The van der Waals surface area contributed by atoms with Gasteiger partial charge in [0.15, 0.2) is 149 Å². The maximum Gasteiger partial charge on any atom is 3.00 e. The maximum absolute atomic E-state index is 10.2. The van der Waals surface area contributed by atoms with Crippen LogP contribution in [0.3, 0.4) is 0 Å². The molecule has 0 spiro atoms. The van der Waals surface area contributed by atoms with E-state index in [1.54, 1.807) is 218 Å². The van der Waals surface area contributed by atoms with Crippen molar-refractivity contribution < 1.29 is 259 Å². The number of nitrogens with zero attached hydrogens (tertiary/aromatic N) is 14. The standard InChI is InChI=1S/12C5H5NO.4ClHO4.2Dy.2NO3/c12*7-6-4-2-1-3-5-6;4*2-1(3,4)5;;;2*2-1(3)4/h12*1-5H;4*(H,2,3,4,5);;;;/q;;;;;;;;;;;;;;;;2*+3;2*-1/p-4. The number of pyridine rings is 12. The smallest absolute Gasteiger partial charge is 0.619 e. The van der Waals surface area contributed by atoms with Crippen molar-refractivity contribution in [3.63, 3.8) is 0 Å². The van der Waals surface area contributed by atoms with Gasteiger partial charge in [0, 0.05) is 146 Å². The molecule has 0 aromatic carbocycles. The molecule has 0 aliphatic heterocycles. The zero-order valence-electron chi connectivity index (χ0n) is 56.9. The topological polar surface area (TPSA) is 825 Å². The van der Waals surface area contributed by atoms with Crippen molar-refractivity contribution in [3.05, 3.63) is 460 Å². The molecule has 0 unspecified atom stereocenters. The van der Waals surface area contributed by atoms with Gasteiger partial charge in [-0.05, 0) is 0 Å². The quantitative estimate of drug-likeness (QED) is 0.0589. The van der Waals surface area contributed by atoms with Crippen LogP contribution in [0.25, 0.3) is 0 Å². The predicted molar refractivity (Wildman–Crippen MR) is 326 cm³/mol. The van der Waals surface area contributed by atoms with Crippen molar-refractivity contribution in [2.24, 2.45) is 0 Å². The Hall–Kier alpha value is -11.1. The van der Waals surface area contributed by atoms with E-state index in [0.717, 1.165) is 56.8 Å². The third kappa shape index (κ3) is 140. The van der Waals surface area contributed by atoms with E-state index in [2.05, 4.69) is 0 Å². The number of aromatic nitrogens is 12. The fourth-order valence-electron chi connectivity index (χ4n) is 4.59. The zero-order chi connectivity index (χ0) is 86.5. The fraction of sp³-hybridized carbons (Fsp3) is 0. The molecule has 12 aromatic heterocycles. The minimum atomic E-state index is -4.94. The Balaban J connectivity index is -0.000000174. The van der Waals surface area contributed by atoms with Crippen LogP contribution in [-0.4, -0.2) is 10.2 Å². The van der Waals surface area contributed by atoms with Crippen molar-refractivity contribution in [1.29, 1.82) is 0 Å². The molecule has 0 aliphatic rings. The van der Waals surface area contributed by atoms with Crippen LogP contribution in [0.4, 0.5) is 0 Å². The van der Waals surface area contributed by atoms with Gasteiger partial charge in [0.25, 0.3) is 0 Å². The Bertz CT molecular complexity index is 3090. The average Bonchev–Trinajstić information content (AvgIpc) is 1.06. The number of hydrogen-bond donors (Lipinski definition) is 0. The average molecular weight is 1990 g/mol. The van der Waals surface area contributed by atoms with Gasteiger partial charge in [-0.15, -0.1) is 41.0 Å². The summed E-state index contributed by atoms with van der Waals surface area (Å²) in [6.07, 6.45) is 34.7. The largest absolute Gasteiger partial charge is 3.00 e. The summed E-state index contributed by atoms with van der Waals surface area (Å²) in [6, 6.07) is 62.1. The third-order valence-electron chi connectivity index (χ3n) is 8.26. The molecule has 12 rings (SSSR count). The van der Waals surface area contributed by atoms with Crippen LogP contribution in [0.1, 0.15) is 0 Å². The summed E-state index contributed by atoms with van der Waals surface area (Å²) in [5.41, 5.74) is 0. The Morgan fingerprint density at radius 3 is 0.193 bits per heavy atom. The summed E-state index contributed by atoms with van der Waals surface area (Å²) in [5, 5.41) is 152. The normalized spacial score (nSPS) is 8.84. The summed E-state index contributed by atoms with van der Waals surface area (Å²) in [4.78, 5) is 16.5. The first-order chi connectivity index (χ1) is 52.2. The van der Waals surface area contributed by atoms with Crippen LogP contribution in [0.15, 0.2) is 367 Å². The van der Waals surface area contributed by atoms with Gasteiger partial charge in [0.05, 0.1) is 10.2 Å². The van der Waals surface area contributed by atoms with E-state index in [4.69, 9.17) is 105 Å². The summed E-state index contributed by atoms with van der Waals surface area (Å²) >= 11 is 0. The molecule has 54 heteroatoms. The van der Waals surface area contributed by atoms with Crippen molar-refractivity contribution in [2.75, 3.05) is 0 Å².